The van der Waals surface area contributed by atoms with Crippen LogP contribution >= 0.6 is 11.6 Å². The van der Waals surface area contributed by atoms with E-state index in [2.05, 4.69) is 26.1 Å². The SMILES string of the molecule is CCC(C)(CCCl)NC(=O)C1CCCC1C. The average molecular weight is 246 g/mol. The van der Waals surface area contributed by atoms with Gasteiger partial charge in [-0.15, -0.1) is 11.6 Å². The lowest BCUT2D eigenvalue weighted by molar-refractivity contribution is -0.127. The van der Waals surface area contributed by atoms with Crippen molar-refractivity contribution in [1.29, 1.82) is 0 Å². The van der Waals surface area contributed by atoms with Crippen LogP contribution in [-0.2, 0) is 4.79 Å². The minimum atomic E-state index is -0.124. The van der Waals surface area contributed by atoms with Gasteiger partial charge in [-0.2, -0.15) is 0 Å². The molecule has 94 valence electrons. The van der Waals surface area contributed by atoms with Crippen LogP contribution in [-0.4, -0.2) is 17.3 Å². The molecule has 16 heavy (non-hydrogen) atoms. The van der Waals surface area contributed by atoms with Gasteiger partial charge in [-0.3, -0.25) is 4.79 Å². The molecule has 0 spiro atoms. The summed E-state index contributed by atoms with van der Waals surface area (Å²) in [5.74, 6) is 1.60. The number of hydrogen-bond acceptors (Lipinski definition) is 1. The zero-order valence-electron chi connectivity index (χ0n) is 10.7. The van der Waals surface area contributed by atoms with Crippen LogP contribution in [0, 0.1) is 11.8 Å². The lowest BCUT2D eigenvalue weighted by Gasteiger charge is -2.31. The van der Waals surface area contributed by atoms with Gasteiger partial charge in [0, 0.05) is 17.3 Å². The Bertz CT molecular complexity index is 244. The van der Waals surface area contributed by atoms with Gasteiger partial charge in [0.05, 0.1) is 0 Å². The van der Waals surface area contributed by atoms with Gasteiger partial charge in [-0.1, -0.05) is 20.3 Å². The van der Waals surface area contributed by atoms with Crippen LogP contribution in [0.25, 0.3) is 0 Å². The summed E-state index contributed by atoms with van der Waals surface area (Å²) in [5, 5.41) is 3.19. The zero-order chi connectivity index (χ0) is 12.2. The highest BCUT2D eigenvalue weighted by atomic mass is 35.5. The number of halogens is 1. The molecule has 3 unspecified atom stereocenters. The van der Waals surface area contributed by atoms with E-state index in [1.54, 1.807) is 0 Å². The lowest BCUT2D eigenvalue weighted by atomic mass is 9.91. The van der Waals surface area contributed by atoms with Crippen molar-refractivity contribution in [2.24, 2.45) is 11.8 Å². The molecule has 0 radical (unpaired) electrons. The topological polar surface area (TPSA) is 29.1 Å². The molecule has 1 fully saturated rings. The van der Waals surface area contributed by atoms with Crippen molar-refractivity contribution in [3.63, 3.8) is 0 Å². The molecule has 1 amide bonds. The number of carbonyl (C=O) groups excluding carboxylic acids is 1. The molecule has 0 heterocycles. The lowest BCUT2D eigenvalue weighted by Crippen LogP contribution is -2.48. The molecule has 1 aliphatic carbocycles. The van der Waals surface area contributed by atoms with Crippen LogP contribution in [0.3, 0.4) is 0 Å². The van der Waals surface area contributed by atoms with Gasteiger partial charge in [0.25, 0.3) is 0 Å². The smallest absolute Gasteiger partial charge is 0.223 e. The van der Waals surface area contributed by atoms with E-state index >= 15 is 0 Å². The number of alkyl halides is 1. The predicted molar refractivity (Wildman–Crippen MR) is 68.7 cm³/mol. The van der Waals surface area contributed by atoms with Crippen molar-refractivity contribution in [3.8, 4) is 0 Å². The molecule has 1 rings (SSSR count). The first-order valence-electron chi connectivity index (χ1n) is 6.40. The summed E-state index contributed by atoms with van der Waals surface area (Å²) in [7, 11) is 0. The molecule has 0 bridgehead atoms. The van der Waals surface area contributed by atoms with Crippen LogP contribution in [0.5, 0.6) is 0 Å². The van der Waals surface area contributed by atoms with Crippen molar-refractivity contribution < 1.29 is 4.79 Å². The first-order chi connectivity index (χ1) is 7.52. The predicted octanol–water partition coefficient (Wildman–Crippen LogP) is 3.34. The largest absolute Gasteiger partial charge is 0.351 e. The highest BCUT2D eigenvalue weighted by Crippen LogP contribution is 2.32. The van der Waals surface area contributed by atoms with Gasteiger partial charge in [0.15, 0.2) is 0 Å². The Labute approximate surface area is 104 Å². The van der Waals surface area contributed by atoms with Crippen LogP contribution < -0.4 is 5.32 Å². The fourth-order valence-electron chi connectivity index (χ4n) is 2.46. The Hall–Kier alpha value is -0.240. The van der Waals surface area contributed by atoms with E-state index in [4.69, 9.17) is 11.6 Å². The summed E-state index contributed by atoms with van der Waals surface area (Å²) in [6, 6.07) is 0. The molecular weight excluding hydrogens is 222 g/mol. The third-order valence-electron chi connectivity index (χ3n) is 4.05. The van der Waals surface area contributed by atoms with E-state index in [0.717, 1.165) is 19.3 Å². The summed E-state index contributed by atoms with van der Waals surface area (Å²) in [6.45, 7) is 6.37. The van der Waals surface area contributed by atoms with Gasteiger partial charge in [0.1, 0.15) is 0 Å². The van der Waals surface area contributed by atoms with Crippen LogP contribution in [0.4, 0.5) is 0 Å². The Morgan fingerprint density at radius 3 is 2.62 bits per heavy atom. The summed E-state index contributed by atoms with van der Waals surface area (Å²) in [6.07, 6.45) is 5.21. The Balaban J connectivity index is 2.54. The second-order valence-corrected chi connectivity index (χ2v) is 5.74. The normalized spacial score (nSPS) is 28.8. The summed E-state index contributed by atoms with van der Waals surface area (Å²) in [4.78, 5) is 12.2. The first-order valence-corrected chi connectivity index (χ1v) is 6.94. The maximum atomic E-state index is 12.2. The van der Waals surface area contributed by atoms with Crippen molar-refractivity contribution in [3.05, 3.63) is 0 Å². The van der Waals surface area contributed by atoms with Crippen LogP contribution in [0.2, 0.25) is 0 Å². The standard InChI is InChI=1S/C13H24ClNO/c1-4-13(3,8-9-14)15-12(16)11-7-5-6-10(11)2/h10-11H,4-9H2,1-3H3,(H,15,16). The van der Waals surface area contributed by atoms with E-state index in [0.29, 0.717) is 11.8 Å². The van der Waals surface area contributed by atoms with E-state index in [1.807, 2.05) is 0 Å². The fraction of sp³-hybridized carbons (Fsp3) is 0.923. The fourth-order valence-corrected chi connectivity index (χ4v) is 2.88. The Morgan fingerprint density at radius 2 is 2.19 bits per heavy atom. The third kappa shape index (κ3) is 3.38. The molecular formula is C13H24ClNO. The minimum absolute atomic E-state index is 0.124. The maximum Gasteiger partial charge on any atom is 0.223 e. The van der Waals surface area contributed by atoms with E-state index in [1.165, 1.54) is 12.8 Å². The van der Waals surface area contributed by atoms with Crippen LogP contribution in [0.15, 0.2) is 0 Å². The molecule has 1 saturated carbocycles. The number of hydrogen-bond donors (Lipinski definition) is 1. The molecule has 0 saturated heterocycles. The number of rotatable bonds is 5. The molecule has 0 aromatic carbocycles. The van der Waals surface area contributed by atoms with Gasteiger partial charge >= 0.3 is 0 Å². The molecule has 0 aromatic heterocycles. The van der Waals surface area contributed by atoms with Gasteiger partial charge in [0.2, 0.25) is 5.91 Å². The zero-order valence-corrected chi connectivity index (χ0v) is 11.4. The Kier molecular flexibility index (Phi) is 5.10. The monoisotopic (exact) mass is 245 g/mol. The summed E-state index contributed by atoms with van der Waals surface area (Å²) in [5.41, 5.74) is -0.124. The van der Waals surface area contributed by atoms with Gasteiger partial charge < -0.3 is 5.32 Å². The van der Waals surface area contributed by atoms with Crippen molar-refractivity contribution in [2.75, 3.05) is 5.88 Å². The quantitative estimate of drug-likeness (QED) is 0.740. The molecule has 0 aliphatic heterocycles. The second-order valence-electron chi connectivity index (χ2n) is 5.36. The van der Waals surface area contributed by atoms with Gasteiger partial charge in [-0.05, 0) is 38.5 Å². The number of nitrogens with one attached hydrogen (secondary N) is 1. The highest BCUT2D eigenvalue weighted by Gasteiger charge is 2.33. The summed E-state index contributed by atoms with van der Waals surface area (Å²) >= 11 is 5.79. The van der Waals surface area contributed by atoms with Crippen molar-refractivity contribution in [1.82, 2.24) is 5.32 Å². The first kappa shape index (κ1) is 13.8. The summed E-state index contributed by atoms with van der Waals surface area (Å²) < 4.78 is 0. The number of carbonyl (C=O) groups is 1. The van der Waals surface area contributed by atoms with E-state index in [9.17, 15) is 4.79 Å². The van der Waals surface area contributed by atoms with Crippen molar-refractivity contribution >= 4 is 17.5 Å². The number of amides is 1. The highest BCUT2D eigenvalue weighted by molar-refractivity contribution is 6.17. The minimum Gasteiger partial charge on any atom is -0.351 e. The average Bonchev–Trinajstić information content (AvgIpc) is 2.65. The third-order valence-corrected chi connectivity index (χ3v) is 4.24. The van der Waals surface area contributed by atoms with Gasteiger partial charge in [-0.25, -0.2) is 0 Å². The second kappa shape index (κ2) is 5.90. The van der Waals surface area contributed by atoms with Crippen molar-refractivity contribution in [2.45, 2.75) is 58.4 Å². The maximum absolute atomic E-state index is 12.2. The molecule has 3 atom stereocenters. The molecule has 1 aliphatic rings. The Morgan fingerprint density at radius 1 is 1.50 bits per heavy atom. The molecule has 2 nitrogen and oxygen atoms in total. The van der Waals surface area contributed by atoms with E-state index < -0.39 is 0 Å². The van der Waals surface area contributed by atoms with Crippen LogP contribution in [0.1, 0.15) is 52.9 Å². The van der Waals surface area contributed by atoms with E-state index in [-0.39, 0.29) is 17.4 Å². The molecule has 1 N–H and O–H groups in total. The molecule has 0 aromatic rings. The molecule has 3 heteroatoms.